The van der Waals surface area contributed by atoms with E-state index >= 15 is 0 Å². The van der Waals surface area contributed by atoms with Gasteiger partial charge in [0.25, 0.3) is 0 Å². The van der Waals surface area contributed by atoms with Crippen LogP contribution in [0.1, 0.15) is 25.7 Å². The van der Waals surface area contributed by atoms with Gasteiger partial charge in [-0.1, -0.05) is 11.6 Å². The van der Waals surface area contributed by atoms with Crippen LogP contribution in [0.4, 0.5) is 5.82 Å². The van der Waals surface area contributed by atoms with Gasteiger partial charge in [-0.05, 0) is 54.9 Å². The van der Waals surface area contributed by atoms with Gasteiger partial charge in [-0.2, -0.15) is 0 Å². The van der Waals surface area contributed by atoms with Crippen molar-refractivity contribution in [2.45, 2.75) is 31.7 Å². The summed E-state index contributed by atoms with van der Waals surface area (Å²) >= 11 is 7.84. The van der Waals surface area contributed by atoms with Crippen molar-refractivity contribution in [3.63, 3.8) is 0 Å². The topological polar surface area (TPSA) is 50.3 Å². The summed E-state index contributed by atoms with van der Waals surface area (Å²) in [7, 11) is 0. The maximum atomic E-state index is 6.15. The molecule has 0 bridgehead atoms. The number of nitrogens with one attached hydrogen (secondary N) is 1. The number of hydrogen-bond donors (Lipinski definition) is 1. The van der Waals surface area contributed by atoms with Crippen molar-refractivity contribution >= 4 is 38.8 Å². The zero-order valence-corrected chi connectivity index (χ0v) is 16.4. The van der Waals surface area contributed by atoms with Crippen molar-refractivity contribution in [1.82, 2.24) is 15.1 Å². The lowest BCUT2D eigenvalue weighted by Gasteiger charge is -2.27. The summed E-state index contributed by atoms with van der Waals surface area (Å²) < 4.78 is 6.62. The van der Waals surface area contributed by atoms with Crippen LogP contribution in [0, 0.1) is 17.8 Å². The van der Waals surface area contributed by atoms with Crippen LogP contribution in [0.3, 0.4) is 0 Å². The fraction of sp³-hybridized carbons (Fsp3) is 0.684. The molecule has 0 spiro atoms. The van der Waals surface area contributed by atoms with E-state index in [4.69, 9.17) is 16.3 Å². The Balaban J connectivity index is 1.19. The minimum absolute atomic E-state index is 0.499. The molecule has 26 heavy (non-hydrogen) atoms. The maximum Gasteiger partial charge on any atom is 0.167 e. The van der Waals surface area contributed by atoms with Crippen molar-refractivity contribution in [1.29, 1.82) is 0 Å². The molecule has 5 rings (SSSR count). The van der Waals surface area contributed by atoms with Gasteiger partial charge in [0.2, 0.25) is 0 Å². The number of ether oxygens (including phenoxy) is 1. The van der Waals surface area contributed by atoms with Crippen molar-refractivity contribution in [3.05, 3.63) is 16.6 Å². The molecule has 1 aliphatic carbocycles. The molecule has 2 saturated heterocycles. The molecule has 3 aliphatic rings. The third-order valence-corrected chi connectivity index (χ3v) is 7.57. The fourth-order valence-electron chi connectivity index (χ4n) is 5.09. The number of halogens is 1. The van der Waals surface area contributed by atoms with Crippen LogP contribution in [0.25, 0.3) is 10.1 Å². The Morgan fingerprint density at radius 1 is 1.19 bits per heavy atom. The van der Waals surface area contributed by atoms with E-state index in [1.807, 2.05) is 6.07 Å². The van der Waals surface area contributed by atoms with E-state index < -0.39 is 0 Å². The molecule has 2 aromatic rings. The molecule has 140 valence electrons. The van der Waals surface area contributed by atoms with Crippen LogP contribution >= 0.6 is 22.9 Å². The van der Waals surface area contributed by atoms with E-state index in [-0.39, 0.29) is 0 Å². The zero-order chi connectivity index (χ0) is 17.5. The molecule has 2 aliphatic heterocycles. The molecule has 7 heteroatoms. The Morgan fingerprint density at radius 2 is 1.96 bits per heavy atom. The molecular formula is C19H25ClN4OS. The first kappa shape index (κ1) is 17.2. The van der Waals surface area contributed by atoms with E-state index in [2.05, 4.69) is 25.8 Å². The number of likely N-dealkylation sites (tertiary alicyclic amines) is 1. The molecule has 3 fully saturated rings. The molecule has 1 saturated carbocycles. The van der Waals surface area contributed by atoms with Crippen LogP contribution in [0.2, 0.25) is 5.15 Å². The normalized spacial score (nSPS) is 30.1. The number of nitrogens with zero attached hydrogens (tertiary/aromatic N) is 3. The number of hydrogen-bond acceptors (Lipinski definition) is 6. The molecule has 4 heterocycles. The highest BCUT2D eigenvalue weighted by atomic mass is 35.5. The smallest absolute Gasteiger partial charge is 0.167 e. The van der Waals surface area contributed by atoms with Gasteiger partial charge < -0.3 is 15.0 Å². The summed E-state index contributed by atoms with van der Waals surface area (Å²) in [6.07, 6.45) is 4.96. The minimum atomic E-state index is 0.499. The van der Waals surface area contributed by atoms with Gasteiger partial charge in [0.15, 0.2) is 11.0 Å². The number of thiophene rings is 1. The van der Waals surface area contributed by atoms with Crippen molar-refractivity contribution in [2.75, 3.05) is 38.2 Å². The molecule has 0 amide bonds. The summed E-state index contributed by atoms with van der Waals surface area (Å²) in [6.45, 7) is 5.71. The summed E-state index contributed by atoms with van der Waals surface area (Å²) in [5.74, 6) is 3.40. The van der Waals surface area contributed by atoms with Crippen LogP contribution in [-0.4, -0.2) is 54.0 Å². The van der Waals surface area contributed by atoms with Gasteiger partial charge in [-0.3, -0.25) is 0 Å². The third-order valence-electron chi connectivity index (χ3n) is 6.37. The Kier molecular flexibility index (Phi) is 4.77. The van der Waals surface area contributed by atoms with Crippen LogP contribution in [-0.2, 0) is 4.74 Å². The molecule has 2 aromatic heterocycles. The highest BCUT2D eigenvalue weighted by Crippen LogP contribution is 2.41. The van der Waals surface area contributed by atoms with Gasteiger partial charge in [0, 0.05) is 44.3 Å². The second-order valence-corrected chi connectivity index (χ2v) is 9.38. The number of fused-ring (bicyclic) bond motifs is 2. The van der Waals surface area contributed by atoms with Crippen molar-refractivity contribution in [3.8, 4) is 0 Å². The average Bonchev–Trinajstić information content (AvgIpc) is 3.33. The Hall–Kier alpha value is -0.950. The average molecular weight is 393 g/mol. The second kappa shape index (κ2) is 7.23. The summed E-state index contributed by atoms with van der Waals surface area (Å²) in [6, 6.07) is 2.54. The lowest BCUT2D eigenvalue weighted by Crippen LogP contribution is -2.32. The van der Waals surface area contributed by atoms with Crippen molar-refractivity contribution < 1.29 is 4.74 Å². The number of rotatable bonds is 4. The molecule has 3 atom stereocenters. The van der Waals surface area contributed by atoms with E-state index in [0.29, 0.717) is 11.2 Å². The standard InChI is InChI=1S/C19H25ClN4OS/c20-18-16-3-6-26-17(16)19(23-22-18)21-15-7-13-10-24(11-14(13)8-15)9-12-1-4-25-5-2-12/h3,6,12-15H,1-2,4-5,7-11H2,(H,21,23)/t13-,14?,15?/m1/s1. The third kappa shape index (κ3) is 3.33. The molecule has 1 N–H and O–H groups in total. The van der Waals surface area contributed by atoms with E-state index in [0.717, 1.165) is 46.9 Å². The van der Waals surface area contributed by atoms with Gasteiger partial charge >= 0.3 is 0 Å². The van der Waals surface area contributed by atoms with Crippen LogP contribution in [0.5, 0.6) is 0 Å². The predicted octanol–water partition coefficient (Wildman–Crippen LogP) is 3.89. The monoisotopic (exact) mass is 392 g/mol. The van der Waals surface area contributed by atoms with E-state index in [9.17, 15) is 0 Å². The van der Waals surface area contributed by atoms with Gasteiger partial charge in [0.1, 0.15) is 0 Å². The zero-order valence-electron chi connectivity index (χ0n) is 14.9. The molecule has 5 nitrogen and oxygen atoms in total. The quantitative estimate of drug-likeness (QED) is 0.855. The summed E-state index contributed by atoms with van der Waals surface area (Å²) in [4.78, 5) is 2.71. The predicted molar refractivity (Wildman–Crippen MR) is 106 cm³/mol. The fourth-order valence-corrected chi connectivity index (χ4v) is 6.19. The van der Waals surface area contributed by atoms with Crippen LogP contribution in [0.15, 0.2) is 11.4 Å². The first-order valence-electron chi connectivity index (χ1n) is 9.72. The largest absolute Gasteiger partial charge is 0.381 e. The number of anilines is 1. The Morgan fingerprint density at radius 3 is 2.73 bits per heavy atom. The molecular weight excluding hydrogens is 368 g/mol. The van der Waals surface area contributed by atoms with Gasteiger partial charge in [-0.25, -0.2) is 0 Å². The SMILES string of the molecule is Clc1nnc(NC2CC3CN(CC4CCOCC4)C[C@H]3C2)c2sccc12. The maximum absolute atomic E-state index is 6.15. The molecule has 2 unspecified atom stereocenters. The van der Waals surface area contributed by atoms with Crippen molar-refractivity contribution in [2.24, 2.45) is 17.8 Å². The Bertz CT molecular complexity index is 764. The van der Waals surface area contributed by atoms with E-state index in [1.165, 1.54) is 45.3 Å². The Labute approximate surface area is 163 Å². The van der Waals surface area contributed by atoms with E-state index in [1.54, 1.807) is 11.3 Å². The minimum Gasteiger partial charge on any atom is -0.381 e. The summed E-state index contributed by atoms with van der Waals surface area (Å²) in [5, 5.41) is 15.7. The number of aromatic nitrogens is 2. The first-order chi connectivity index (χ1) is 12.8. The lowest BCUT2D eigenvalue weighted by atomic mass is 10.00. The molecule has 0 radical (unpaired) electrons. The summed E-state index contributed by atoms with van der Waals surface area (Å²) in [5.41, 5.74) is 0. The lowest BCUT2D eigenvalue weighted by molar-refractivity contribution is 0.0545. The van der Waals surface area contributed by atoms with Gasteiger partial charge in [-0.15, -0.1) is 21.5 Å². The van der Waals surface area contributed by atoms with Crippen LogP contribution < -0.4 is 5.32 Å². The first-order valence-corrected chi connectivity index (χ1v) is 11.0. The molecule has 0 aromatic carbocycles. The highest BCUT2D eigenvalue weighted by molar-refractivity contribution is 7.17. The van der Waals surface area contributed by atoms with Gasteiger partial charge in [0.05, 0.1) is 4.70 Å². The second-order valence-electron chi connectivity index (χ2n) is 8.11. The highest BCUT2D eigenvalue weighted by Gasteiger charge is 2.41.